The lowest BCUT2D eigenvalue weighted by atomic mass is 9.98. The Kier molecular flexibility index (Phi) is 2.88. The number of ether oxygens (including phenoxy) is 2. The van der Waals surface area contributed by atoms with Gasteiger partial charge in [-0.2, -0.15) is 0 Å². The molecule has 1 atom stereocenters. The Bertz CT molecular complexity index is 462. The quantitative estimate of drug-likeness (QED) is 0.753. The average Bonchev–Trinajstić information content (AvgIpc) is 2.53. The molecule has 0 spiro atoms. The highest BCUT2D eigenvalue weighted by atomic mass is 16.7. The molecular weight excluding hydrogens is 220 g/mol. The normalized spacial score (nSPS) is 21.9. The molecule has 0 fully saturated rings. The van der Waals surface area contributed by atoms with Crippen molar-refractivity contribution in [3.05, 3.63) is 35.4 Å². The van der Waals surface area contributed by atoms with Crippen LogP contribution in [0.15, 0.2) is 24.3 Å². The first-order valence-electron chi connectivity index (χ1n) is 5.61. The Morgan fingerprint density at radius 1 is 1.41 bits per heavy atom. The lowest BCUT2D eigenvalue weighted by Crippen LogP contribution is -2.31. The molecule has 1 unspecified atom stereocenters. The van der Waals surface area contributed by atoms with Crippen molar-refractivity contribution in [2.75, 3.05) is 0 Å². The maximum Gasteiger partial charge on any atom is 0.342 e. The van der Waals surface area contributed by atoms with Crippen LogP contribution in [-0.4, -0.2) is 11.9 Å². The smallest absolute Gasteiger partial charge is 0.342 e. The zero-order valence-electron chi connectivity index (χ0n) is 9.86. The van der Waals surface area contributed by atoms with Crippen molar-refractivity contribution in [1.29, 1.82) is 0 Å². The summed E-state index contributed by atoms with van der Waals surface area (Å²) < 4.78 is 10.5. The maximum atomic E-state index is 11.7. The van der Waals surface area contributed by atoms with Gasteiger partial charge in [0.2, 0.25) is 0 Å². The highest BCUT2D eigenvalue weighted by molar-refractivity contribution is 5.94. The number of hydrogen-bond donors (Lipinski definition) is 0. The number of fused-ring (bicyclic) bond motifs is 1. The molecule has 0 bridgehead atoms. The predicted molar refractivity (Wildman–Crippen MR) is 60.2 cm³/mol. The molecule has 17 heavy (non-hydrogen) atoms. The highest BCUT2D eigenvalue weighted by Crippen LogP contribution is 2.41. The Hall–Kier alpha value is -1.84. The second-order valence-electron chi connectivity index (χ2n) is 4.03. The molecule has 0 amide bonds. The van der Waals surface area contributed by atoms with Crippen molar-refractivity contribution in [1.82, 2.24) is 0 Å². The van der Waals surface area contributed by atoms with Gasteiger partial charge in [0.15, 0.2) is 0 Å². The largest absolute Gasteiger partial charge is 0.418 e. The van der Waals surface area contributed by atoms with Crippen molar-refractivity contribution >= 4 is 11.9 Å². The van der Waals surface area contributed by atoms with Gasteiger partial charge in [0.25, 0.3) is 5.79 Å². The first-order chi connectivity index (χ1) is 8.09. The molecule has 0 saturated heterocycles. The van der Waals surface area contributed by atoms with Crippen LogP contribution in [0.25, 0.3) is 0 Å². The molecule has 0 aliphatic carbocycles. The molecule has 90 valence electrons. The van der Waals surface area contributed by atoms with Crippen LogP contribution in [0.2, 0.25) is 0 Å². The summed E-state index contributed by atoms with van der Waals surface area (Å²) in [7, 11) is 0. The molecule has 0 aromatic heterocycles. The monoisotopic (exact) mass is 234 g/mol. The van der Waals surface area contributed by atoms with E-state index >= 15 is 0 Å². The third-order valence-electron chi connectivity index (χ3n) is 2.70. The first kappa shape index (κ1) is 11.6. The van der Waals surface area contributed by atoms with Gasteiger partial charge in [0.1, 0.15) is 0 Å². The Balaban J connectivity index is 2.48. The van der Waals surface area contributed by atoms with Gasteiger partial charge >= 0.3 is 11.9 Å². The van der Waals surface area contributed by atoms with Gasteiger partial charge < -0.3 is 9.47 Å². The van der Waals surface area contributed by atoms with E-state index in [1.54, 1.807) is 24.3 Å². The van der Waals surface area contributed by atoms with Gasteiger partial charge in [0, 0.05) is 13.3 Å². The van der Waals surface area contributed by atoms with Crippen LogP contribution in [-0.2, 0) is 20.1 Å². The average molecular weight is 234 g/mol. The Morgan fingerprint density at radius 3 is 2.76 bits per heavy atom. The van der Waals surface area contributed by atoms with Crippen LogP contribution in [0.3, 0.4) is 0 Å². The van der Waals surface area contributed by atoms with Gasteiger partial charge in [0.05, 0.1) is 11.1 Å². The number of hydrogen-bond acceptors (Lipinski definition) is 4. The molecule has 1 aliphatic rings. The summed E-state index contributed by atoms with van der Waals surface area (Å²) in [5, 5.41) is 0. The third kappa shape index (κ3) is 1.90. The summed E-state index contributed by atoms with van der Waals surface area (Å²) in [4.78, 5) is 22.9. The van der Waals surface area contributed by atoms with Crippen LogP contribution < -0.4 is 0 Å². The van der Waals surface area contributed by atoms with Crippen LogP contribution in [0, 0.1) is 0 Å². The number of carbonyl (C=O) groups is 2. The molecule has 0 N–H and O–H groups in total. The van der Waals surface area contributed by atoms with Crippen molar-refractivity contribution in [2.24, 2.45) is 0 Å². The fourth-order valence-electron chi connectivity index (χ4n) is 2.13. The summed E-state index contributed by atoms with van der Waals surface area (Å²) in [5.74, 6) is -2.12. The fourth-order valence-corrected chi connectivity index (χ4v) is 2.13. The van der Waals surface area contributed by atoms with Gasteiger partial charge in [-0.25, -0.2) is 4.79 Å². The van der Waals surface area contributed by atoms with Crippen LogP contribution in [0.5, 0.6) is 0 Å². The van der Waals surface area contributed by atoms with E-state index in [0.29, 0.717) is 17.5 Å². The standard InChI is InChI=1S/C13H14O4/c1-3-8-13(16-9(2)14)11-7-5-4-6-10(11)12(15)17-13/h4-7H,3,8H2,1-2H3. The SMILES string of the molecule is CCCC1(OC(C)=O)OC(=O)c2ccccc21. The number of carbonyl (C=O) groups excluding carboxylic acids is 2. The molecule has 0 saturated carbocycles. The van der Waals surface area contributed by atoms with Crippen LogP contribution in [0.4, 0.5) is 0 Å². The summed E-state index contributed by atoms with van der Waals surface area (Å²) in [5.41, 5.74) is 1.12. The fraction of sp³-hybridized carbons (Fsp3) is 0.385. The van der Waals surface area contributed by atoms with Gasteiger partial charge in [-0.3, -0.25) is 4.79 Å². The van der Waals surface area contributed by atoms with Crippen LogP contribution in [0.1, 0.15) is 42.6 Å². The molecule has 4 nitrogen and oxygen atoms in total. The number of esters is 2. The lowest BCUT2D eigenvalue weighted by molar-refractivity contribution is -0.210. The Labute approximate surface area is 99.5 Å². The minimum absolute atomic E-state index is 0.435. The maximum absolute atomic E-state index is 11.7. The summed E-state index contributed by atoms with van der Waals surface area (Å²) in [6.45, 7) is 3.26. The van der Waals surface area contributed by atoms with E-state index in [0.717, 1.165) is 6.42 Å². The number of rotatable bonds is 3. The molecule has 1 heterocycles. The predicted octanol–water partition coefficient (Wildman–Crippen LogP) is 2.37. The second kappa shape index (κ2) is 4.20. The second-order valence-corrected chi connectivity index (χ2v) is 4.03. The molecule has 0 radical (unpaired) electrons. The minimum atomic E-state index is -1.23. The molecule has 1 aromatic rings. The van der Waals surface area contributed by atoms with Crippen molar-refractivity contribution in [2.45, 2.75) is 32.5 Å². The van der Waals surface area contributed by atoms with Crippen molar-refractivity contribution in [3.8, 4) is 0 Å². The molecule has 1 aromatic carbocycles. The molecule has 4 heteroatoms. The third-order valence-corrected chi connectivity index (χ3v) is 2.70. The van der Waals surface area contributed by atoms with E-state index in [2.05, 4.69) is 0 Å². The van der Waals surface area contributed by atoms with E-state index in [1.807, 2.05) is 6.92 Å². The molecular formula is C13H14O4. The zero-order valence-corrected chi connectivity index (χ0v) is 9.86. The van der Waals surface area contributed by atoms with Crippen molar-refractivity contribution < 1.29 is 19.1 Å². The van der Waals surface area contributed by atoms with Gasteiger partial charge in [-0.1, -0.05) is 25.1 Å². The van der Waals surface area contributed by atoms with Crippen molar-refractivity contribution in [3.63, 3.8) is 0 Å². The minimum Gasteiger partial charge on any atom is -0.418 e. The van der Waals surface area contributed by atoms with E-state index in [9.17, 15) is 9.59 Å². The number of cyclic esters (lactones) is 1. The number of benzene rings is 1. The highest BCUT2D eigenvalue weighted by Gasteiger charge is 2.47. The summed E-state index contributed by atoms with van der Waals surface area (Å²) in [6.07, 6.45) is 1.21. The van der Waals surface area contributed by atoms with Gasteiger partial charge in [-0.05, 0) is 12.5 Å². The first-order valence-corrected chi connectivity index (χ1v) is 5.61. The van der Waals surface area contributed by atoms with Crippen LogP contribution >= 0.6 is 0 Å². The molecule has 2 rings (SSSR count). The zero-order chi connectivity index (χ0) is 12.5. The van der Waals surface area contributed by atoms with E-state index < -0.39 is 17.7 Å². The topological polar surface area (TPSA) is 52.6 Å². The molecule has 1 aliphatic heterocycles. The Morgan fingerprint density at radius 2 is 2.12 bits per heavy atom. The van der Waals surface area contributed by atoms with E-state index in [1.165, 1.54) is 6.92 Å². The summed E-state index contributed by atoms with van der Waals surface area (Å²) >= 11 is 0. The summed E-state index contributed by atoms with van der Waals surface area (Å²) in [6, 6.07) is 7.00. The van der Waals surface area contributed by atoms with E-state index in [-0.39, 0.29) is 0 Å². The van der Waals surface area contributed by atoms with E-state index in [4.69, 9.17) is 9.47 Å². The lowest BCUT2D eigenvalue weighted by Gasteiger charge is -2.27. The van der Waals surface area contributed by atoms with Gasteiger partial charge in [-0.15, -0.1) is 0 Å².